The van der Waals surface area contributed by atoms with E-state index in [1.165, 1.54) is 5.56 Å². The third-order valence-corrected chi connectivity index (χ3v) is 1.71. The van der Waals surface area contributed by atoms with E-state index in [1.54, 1.807) is 6.20 Å². The van der Waals surface area contributed by atoms with E-state index in [-0.39, 0.29) is 4.70 Å². The molecule has 0 aromatic carbocycles. The summed E-state index contributed by atoms with van der Waals surface area (Å²) in [6.07, 6.45) is 3.62. The van der Waals surface area contributed by atoms with Gasteiger partial charge < -0.3 is 0 Å². The number of halogens is 1. The maximum Gasteiger partial charge on any atom is 0.0351 e. The fourth-order valence-electron chi connectivity index (χ4n) is 0.952. The number of allylic oxidation sites excluding steroid dienone is 1. The molecule has 0 fully saturated rings. The minimum atomic E-state index is 0. The molecule has 0 aliphatic heterocycles. The van der Waals surface area contributed by atoms with E-state index in [9.17, 15) is 0 Å². The van der Waals surface area contributed by atoms with Crippen LogP contribution in [-0.2, 0) is 0 Å². The Bertz CT molecular complexity index is 311. The average molecular weight is 165 g/mol. The van der Waals surface area contributed by atoms with Gasteiger partial charge in [0.1, 0.15) is 0 Å². The second-order valence-electron chi connectivity index (χ2n) is 2.49. The van der Waals surface area contributed by atoms with E-state index in [1.807, 2.05) is 19.2 Å². The number of nitrogens with zero attached hydrogens (tertiary/aromatic N) is 1. The van der Waals surface area contributed by atoms with E-state index in [0.29, 0.717) is 0 Å². The third-order valence-electron chi connectivity index (χ3n) is 1.71. The van der Waals surface area contributed by atoms with E-state index in [2.05, 4.69) is 24.2 Å². The molecule has 1 rings (SSSR count). The summed E-state index contributed by atoms with van der Waals surface area (Å²) in [6, 6.07) is 1.98. The lowest BCUT2D eigenvalue weighted by molar-refractivity contribution is 1.11. The molecule has 1 heterocycles. The van der Waals surface area contributed by atoms with Gasteiger partial charge in [0.25, 0.3) is 0 Å². The van der Waals surface area contributed by atoms with Crippen LogP contribution in [-0.4, -0.2) is 4.98 Å². The molecule has 0 radical (unpaired) electrons. The van der Waals surface area contributed by atoms with Crippen LogP contribution >= 0.6 is 0 Å². The molecule has 0 saturated carbocycles. The van der Waals surface area contributed by atoms with Crippen molar-refractivity contribution in [1.29, 1.82) is 0 Å². The predicted molar refractivity (Wildman–Crippen MR) is 49.7 cm³/mol. The Morgan fingerprint density at radius 2 is 2.25 bits per heavy atom. The molecule has 2 heteroatoms. The molecule has 0 aliphatic rings. The Kier molecular flexibility index (Phi) is 3.95. The van der Waals surface area contributed by atoms with Crippen molar-refractivity contribution in [1.82, 2.24) is 4.98 Å². The van der Waals surface area contributed by atoms with Crippen LogP contribution in [0, 0.1) is 6.92 Å². The van der Waals surface area contributed by atoms with Crippen LogP contribution in [0.15, 0.2) is 30.8 Å². The topological polar surface area (TPSA) is 12.9 Å². The summed E-state index contributed by atoms with van der Waals surface area (Å²) in [5, 5.41) is 0. The van der Waals surface area contributed by atoms with Crippen LogP contribution in [0.4, 0.5) is 4.70 Å². The van der Waals surface area contributed by atoms with E-state index < -0.39 is 0 Å². The molecule has 0 saturated heterocycles. The fraction of sp³-hybridized carbons (Fsp3) is 0.200. The van der Waals surface area contributed by atoms with Gasteiger partial charge in [0, 0.05) is 18.0 Å². The average Bonchev–Trinajstić information content (AvgIpc) is 2.04. The van der Waals surface area contributed by atoms with Crippen LogP contribution in [0.3, 0.4) is 0 Å². The molecule has 0 aliphatic carbocycles. The Balaban J connectivity index is 0.00000121. The van der Waals surface area contributed by atoms with Gasteiger partial charge in [0.05, 0.1) is 0 Å². The minimum Gasteiger partial charge on any atom is -0.269 e. The Hall–Kier alpha value is -1.40. The Morgan fingerprint density at radius 3 is 2.75 bits per heavy atom. The van der Waals surface area contributed by atoms with Crippen LogP contribution in [0.25, 0.3) is 5.57 Å². The number of aromatic nitrogens is 1. The van der Waals surface area contributed by atoms with Crippen molar-refractivity contribution >= 4 is 5.57 Å². The molecular weight excluding hydrogens is 153 g/mol. The summed E-state index contributed by atoms with van der Waals surface area (Å²) in [6.45, 7) is 7.62. The Labute approximate surface area is 71.8 Å². The van der Waals surface area contributed by atoms with Crippen molar-refractivity contribution in [3.05, 3.63) is 41.9 Å². The maximum atomic E-state index is 4.03. The molecule has 0 spiro atoms. The first-order chi connectivity index (χ1) is 5.25. The molecule has 0 unspecified atom stereocenters. The lowest BCUT2D eigenvalue weighted by Gasteiger charge is -2.00. The second kappa shape index (κ2) is 4.47. The molecular formula is C10H12FN. The fourth-order valence-corrected chi connectivity index (χ4v) is 0.952. The number of hydrogen-bond donors (Lipinski definition) is 0. The highest BCUT2D eigenvalue weighted by molar-refractivity contribution is 5.64. The summed E-state index contributed by atoms with van der Waals surface area (Å²) >= 11 is 0. The largest absolute Gasteiger partial charge is 0.269 e. The monoisotopic (exact) mass is 165 g/mol. The quantitative estimate of drug-likeness (QED) is 0.583. The van der Waals surface area contributed by atoms with Crippen molar-refractivity contribution in [3.8, 4) is 0 Å². The minimum absolute atomic E-state index is 0. The third kappa shape index (κ3) is 2.04. The summed E-state index contributed by atoms with van der Waals surface area (Å²) < 4.78 is 0. The van der Waals surface area contributed by atoms with Crippen molar-refractivity contribution in [2.24, 2.45) is 0 Å². The van der Waals surface area contributed by atoms with Gasteiger partial charge in [-0.25, -0.2) is 0 Å². The first-order valence-corrected chi connectivity index (χ1v) is 3.53. The molecule has 1 aromatic rings. The zero-order valence-electron chi connectivity index (χ0n) is 7.29. The van der Waals surface area contributed by atoms with Crippen molar-refractivity contribution < 1.29 is 4.70 Å². The van der Waals surface area contributed by atoms with Gasteiger partial charge in [0.15, 0.2) is 0 Å². The normalized spacial score (nSPS) is 8.17. The van der Waals surface area contributed by atoms with E-state index in [4.69, 9.17) is 0 Å². The number of hydrogen-bond acceptors (Lipinski definition) is 1. The summed E-state index contributed by atoms with van der Waals surface area (Å²) in [4.78, 5) is 4.03. The molecule has 1 nitrogen and oxygen atoms in total. The summed E-state index contributed by atoms with van der Waals surface area (Å²) in [7, 11) is 0. The Morgan fingerprint density at radius 1 is 1.58 bits per heavy atom. The highest BCUT2D eigenvalue weighted by Crippen LogP contribution is 2.14. The standard InChI is InChI=1S/C10H11N.FH/c1-4-8(2)10-7-11-6-5-9(10)3;/h5-7H,1H2,2-3H3;1H. The highest BCUT2D eigenvalue weighted by atomic mass is 19.0. The van der Waals surface area contributed by atoms with Gasteiger partial charge in [-0.15, -0.1) is 5.73 Å². The number of rotatable bonds is 1. The van der Waals surface area contributed by atoms with Crippen LogP contribution in [0.1, 0.15) is 18.1 Å². The van der Waals surface area contributed by atoms with Gasteiger partial charge in [0.2, 0.25) is 0 Å². The summed E-state index contributed by atoms with van der Waals surface area (Å²) in [5.41, 5.74) is 6.24. The predicted octanol–water partition coefficient (Wildman–Crippen LogP) is 2.73. The number of aryl methyl sites for hydroxylation is 1. The molecule has 64 valence electrons. The van der Waals surface area contributed by atoms with Crippen LogP contribution in [0.2, 0.25) is 0 Å². The second-order valence-corrected chi connectivity index (χ2v) is 2.49. The molecule has 0 atom stereocenters. The maximum absolute atomic E-state index is 4.03. The first-order valence-electron chi connectivity index (χ1n) is 3.53. The number of pyridine rings is 1. The van der Waals surface area contributed by atoms with Gasteiger partial charge in [-0.05, 0) is 31.1 Å². The van der Waals surface area contributed by atoms with Crippen LogP contribution < -0.4 is 0 Å². The van der Waals surface area contributed by atoms with Crippen LogP contribution in [0.5, 0.6) is 0 Å². The zero-order valence-corrected chi connectivity index (χ0v) is 7.29. The smallest absolute Gasteiger partial charge is 0.0351 e. The highest BCUT2D eigenvalue weighted by Gasteiger charge is 1.97. The van der Waals surface area contributed by atoms with Crippen molar-refractivity contribution in [2.45, 2.75) is 13.8 Å². The summed E-state index contributed by atoms with van der Waals surface area (Å²) in [5.74, 6) is 0. The van der Waals surface area contributed by atoms with Gasteiger partial charge in [-0.1, -0.05) is 6.58 Å². The SMILES string of the molecule is C=C=C(C)c1cnccc1C.F. The van der Waals surface area contributed by atoms with Crippen molar-refractivity contribution in [3.63, 3.8) is 0 Å². The van der Waals surface area contributed by atoms with Crippen molar-refractivity contribution in [2.75, 3.05) is 0 Å². The van der Waals surface area contributed by atoms with Gasteiger partial charge >= 0.3 is 0 Å². The zero-order chi connectivity index (χ0) is 8.27. The van der Waals surface area contributed by atoms with Gasteiger partial charge in [-0.2, -0.15) is 0 Å². The first kappa shape index (κ1) is 10.6. The van der Waals surface area contributed by atoms with Gasteiger partial charge in [-0.3, -0.25) is 9.69 Å². The lowest BCUT2D eigenvalue weighted by atomic mass is 10.1. The van der Waals surface area contributed by atoms with E-state index in [0.717, 1.165) is 11.1 Å². The molecule has 1 aromatic heterocycles. The molecule has 12 heavy (non-hydrogen) atoms. The molecule has 0 bridgehead atoms. The molecule has 0 N–H and O–H groups in total. The van der Waals surface area contributed by atoms with E-state index >= 15 is 0 Å². The molecule has 0 amide bonds. The lowest BCUT2D eigenvalue weighted by Crippen LogP contribution is -1.85.